The molecule has 0 heterocycles. The maximum Gasteiger partial charge on any atom is 0.340 e. The van der Waals surface area contributed by atoms with Crippen molar-refractivity contribution in [1.82, 2.24) is 0 Å². The number of anilines is 2. The second kappa shape index (κ2) is 7.35. The molecule has 7 heteroatoms. The molecule has 0 aromatic heterocycles. The van der Waals surface area contributed by atoms with Gasteiger partial charge in [0.25, 0.3) is 5.91 Å². The number of rotatable bonds is 4. The summed E-state index contributed by atoms with van der Waals surface area (Å²) in [5, 5.41) is 3.47. The predicted molar refractivity (Wildman–Crippen MR) is 91.0 cm³/mol. The largest absolute Gasteiger partial charge is 0.452 e. The lowest BCUT2D eigenvalue weighted by atomic mass is 10.2. The highest BCUT2D eigenvalue weighted by Gasteiger charge is 2.14. The number of nitrogen functional groups attached to an aromatic ring is 1. The summed E-state index contributed by atoms with van der Waals surface area (Å²) in [6.45, 7) is 1.38. The topological polar surface area (TPSA) is 81.4 Å². The van der Waals surface area contributed by atoms with E-state index in [1.165, 1.54) is 12.1 Å². The Morgan fingerprint density at radius 1 is 1.13 bits per heavy atom. The molecule has 0 aliphatic carbocycles. The van der Waals surface area contributed by atoms with Gasteiger partial charge in [0.05, 0.1) is 5.56 Å². The first kappa shape index (κ1) is 17.1. The maximum atomic E-state index is 11.9. The summed E-state index contributed by atoms with van der Waals surface area (Å²) < 4.78 is 4.95. The van der Waals surface area contributed by atoms with Gasteiger partial charge >= 0.3 is 5.97 Å². The van der Waals surface area contributed by atoms with Crippen LogP contribution in [-0.2, 0) is 9.53 Å². The lowest BCUT2D eigenvalue weighted by Crippen LogP contribution is -2.21. The van der Waals surface area contributed by atoms with Gasteiger partial charge in [0.2, 0.25) is 0 Å². The minimum Gasteiger partial charge on any atom is -0.452 e. The fourth-order valence-electron chi connectivity index (χ4n) is 1.83. The van der Waals surface area contributed by atoms with Crippen molar-refractivity contribution in [2.75, 3.05) is 17.7 Å². The number of carbonyl (C=O) groups excluding carboxylic acids is 2. The van der Waals surface area contributed by atoms with Gasteiger partial charge in [-0.05, 0) is 42.8 Å². The van der Waals surface area contributed by atoms with Gasteiger partial charge in [0.15, 0.2) is 6.61 Å². The number of aryl methyl sites for hydroxylation is 1. The molecule has 0 saturated heterocycles. The quantitative estimate of drug-likeness (QED) is 0.649. The molecule has 5 nitrogen and oxygen atoms in total. The number of nitrogens with one attached hydrogen (secondary N) is 1. The van der Waals surface area contributed by atoms with Crippen molar-refractivity contribution >= 4 is 46.5 Å². The number of amides is 1. The molecule has 23 heavy (non-hydrogen) atoms. The summed E-state index contributed by atoms with van der Waals surface area (Å²) >= 11 is 11.7. The Bertz CT molecular complexity index is 763. The van der Waals surface area contributed by atoms with E-state index < -0.39 is 18.5 Å². The van der Waals surface area contributed by atoms with Crippen LogP contribution in [0.4, 0.5) is 11.4 Å². The van der Waals surface area contributed by atoms with E-state index in [0.29, 0.717) is 15.7 Å². The predicted octanol–water partition coefficient (Wildman–Crippen LogP) is 3.68. The third kappa shape index (κ3) is 4.61. The van der Waals surface area contributed by atoms with Crippen molar-refractivity contribution in [3.8, 4) is 0 Å². The van der Waals surface area contributed by atoms with Gasteiger partial charge in [-0.15, -0.1) is 0 Å². The zero-order valence-corrected chi connectivity index (χ0v) is 13.7. The molecule has 0 aliphatic heterocycles. The summed E-state index contributed by atoms with van der Waals surface area (Å²) in [6.07, 6.45) is 0. The lowest BCUT2D eigenvalue weighted by Gasteiger charge is -2.10. The molecule has 2 aromatic carbocycles. The second-order valence-corrected chi connectivity index (χ2v) is 5.69. The smallest absolute Gasteiger partial charge is 0.340 e. The van der Waals surface area contributed by atoms with Crippen LogP contribution < -0.4 is 11.1 Å². The number of benzene rings is 2. The van der Waals surface area contributed by atoms with Gasteiger partial charge < -0.3 is 15.8 Å². The minimum absolute atomic E-state index is 0.115. The van der Waals surface area contributed by atoms with Crippen LogP contribution in [0.15, 0.2) is 36.4 Å². The number of hydrogen-bond donors (Lipinski definition) is 2. The van der Waals surface area contributed by atoms with E-state index in [9.17, 15) is 9.59 Å². The van der Waals surface area contributed by atoms with Gasteiger partial charge in [0.1, 0.15) is 0 Å². The zero-order chi connectivity index (χ0) is 17.0. The first-order valence-corrected chi connectivity index (χ1v) is 7.40. The summed E-state index contributed by atoms with van der Waals surface area (Å²) in [5.41, 5.74) is 7.42. The van der Waals surface area contributed by atoms with Gasteiger partial charge in [-0.2, -0.15) is 0 Å². The molecule has 3 N–H and O–H groups in total. The van der Waals surface area contributed by atoms with Gasteiger partial charge in [-0.3, -0.25) is 4.79 Å². The summed E-state index contributed by atoms with van der Waals surface area (Å²) in [7, 11) is 0. The average molecular weight is 353 g/mol. The molecule has 120 valence electrons. The van der Waals surface area contributed by atoms with Gasteiger partial charge in [-0.1, -0.05) is 29.3 Å². The van der Waals surface area contributed by atoms with E-state index in [2.05, 4.69) is 5.32 Å². The highest BCUT2D eigenvalue weighted by Crippen LogP contribution is 2.21. The molecular formula is C16H14Cl2N2O3. The van der Waals surface area contributed by atoms with E-state index >= 15 is 0 Å². The van der Waals surface area contributed by atoms with Crippen LogP contribution in [0.5, 0.6) is 0 Å². The standard InChI is InChI=1S/C16H14Cl2N2O3/c1-9-2-3-11(18)7-14(9)20-15(21)8-23-16(22)12-6-10(17)4-5-13(12)19/h2-7H,8,19H2,1H3,(H,20,21). The molecule has 2 rings (SSSR count). The molecule has 0 fully saturated rings. The normalized spacial score (nSPS) is 10.2. The monoisotopic (exact) mass is 352 g/mol. The zero-order valence-electron chi connectivity index (χ0n) is 12.2. The molecule has 0 radical (unpaired) electrons. The Hall–Kier alpha value is -2.24. The van der Waals surface area contributed by atoms with E-state index in [-0.39, 0.29) is 11.3 Å². The Morgan fingerprint density at radius 2 is 1.78 bits per heavy atom. The highest BCUT2D eigenvalue weighted by atomic mass is 35.5. The lowest BCUT2D eigenvalue weighted by molar-refractivity contribution is -0.119. The molecule has 0 unspecified atom stereocenters. The molecule has 0 atom stereocenters. The summed E-state index contributed by atoms with van der Waals surface area (Å²) in [5.74, 6) is -1.20. The second-order valence-electron chi connectivity index (χ2n) is 4.82. The molecule has 0 aliphatic rings. The maximum absolute atomic E-state index is 11.9. The number of ether oxygens (including phenoxy) is 1. The van der Waals surface area contributed by atoms with Crippen LogP contribution in [-0.4, -0.2) is 18.5 Å². The van der Waals surface area contributed by atoms with Crippen LogP contribution in [0, 0.1) is 6.92 Å². The molecule has 1 amide bonds. The third-order valence-electron chi connectivity index (χ3n) is 3.04. The van der Waals surface area contributed by atoms with Crippen molar-refractivity contribution in [3.05, 3.63) is 57.6 Å². The van der Waals surface area contributed by atoms with Crippen molar-refractivity contribution in [2.24, 2.45) is 0 Å². The number of nitrogens with two attached hydrogens (primary N) is 1. The molecule has 0 bridgehead atoms. The van der Waals surface area contributed by atoms with E-state index in [0.717, 1.165) is 5.56 Å². The van der Waals surface area contributed by atoms with Crippen LogP contribution in [0.1, 0.15) is 15.9 Å². The Labute approximate surface area is 143 Å². The fourth-order valence-corrected chi connectivity index (χ4v) is 2.17. The molecular weight excluding hydrogens is 339 g/mol. The SMILES string of the molecule is Cc1ccc(Cl)cc1NC(=O)COC(=O)c1cc(Cl)ccc1N. The van der Waals surface area contributed by atoms with E-state index in [4.69, 9.17) is 33.7 Å². The van der Waals surface area contributed by atoms with Crippen molar-refractivity contribution in [2.45, 2.75) is 6.92 Å². The van der Waals surface area contributed by atoms with Gasteiger partial charge in [0, 0.05) is 21.4 Å². The summed E-state index contributed by atoms with van der Waals surface area (Å²) in [6, 6.07) is 9.55. The Morgan fingerprint density at radius 3 is 2.52 bits per heavy atom. The Balaban J connectivity index is 1.97. The molecule has 0 spiro atoms. The fraction of sp³-hybridized carbons (Fsp3) is 0.125. The van der Waals surface area contributed by atoms with E-state index in [1.54, 1.807) is 24.3 Å². The number of hydrogen-bond acceptors (Lipinski definition) is 4. The van der Waals surface area contributed by atoms with Crippen LogP contribution in [0.25, 0.3) is 0 Å². The van der Waals surface area contributed by atoms with E-state index in [1.807, 2.05) is 6.92 Å². The number of esters is 1. The van der Waals surface area contributed by atoms with Crippen LogP contribution >= 0.6 is 23.2 Å². The Kier molecular flexibility index (Phi) is 5.47. The number of carbonyl (C=O) groups is 2. The molecule has 0 saturated carbocycles. The highest BCUT2D eigenvalue weighted by molar-refractivity contribution is 6.31. The first-order valence-electron chi connectivity index (χ1n) is 6.65. The first-order chi connectivity index (χ1) is 10.9. The van der Waals surface area contributed by atoms with Crippen LogP contribution in [0.3, 0.4) is 0 Å². The van der Waals surface area contributed by atoms with Crippen molar-refractivity contribution in [1.29, 1.82) is 0 Å². The van der Waals surface area contributed by atoms with Crippen molar-refractivity contribution < 1.29 is 14.3 Å². The summed E-state index contributed by atoms with van der Waals surface area (Å²) in [4.78, 5) is 23.8. The van der Waals surface area contributed by atoms with Gasteiger partial charge in [-0.25, -0.2) is 4.79 Å². The minimum atomic E-state index is -0.719. The average Bonchev–Trinajstić information content (AvgIpc) is 2.51. The van der Waals surface area contributed by atoms with Crippen LogP contribution in [0.2, 0.25) is 10.0 Å². The van der Waals surface area contributed by atoms with Crippen molar-refractivity contribution in [3.63, 3.8) is 0 Å². The molecule has 2 aromatic rings. The third-order valence-corrected chi connectivity index (χ3v) is 3.51. The number of halogens is 2.